The summed E-state index contributed by atoms with van der Waals surface area (Å²) in [5.74, 6) is -0.285. The molecular weight excluding hydrogens is 665 g/mol. The Kier molecular flexibility index (Phi) is 9.17. The van der Waals surface area contributed by atoms with Gasteiger partial charge in [-0.2, -0.15) is 0 Å². The molecule has 0 unspecified atom stereocenters. The first kappa shape index (κ1) is 28.6. The van der Waals surface area contributed by atoms with E-state index in [2.05, 4.69) is 11.5 Å². The van der Waals surface area contributed by atoms with Crippen LogP contribution in [0.1, 0.15) is 38.8 Å². The summed E-state index contributed by atoms with van der Waals surface area (Å²) in [5.41, 5.74) is 4.37. The Morgan fingerprint density at radius 1 is 0.868 bits per heavy atom. The predicted octanol–water partition coefficient (Wildman–Crippen LogP) is 7.99. The molecule has 5 rings (SSSR count). The van der Waals surface area contributed by atoms with Crippen LogP contribution in [0.15, 0.2) is 89.8 Å². The standard InChI is InChI=1S/C31H24ClN2O2S.Ho/c1-3-34-28-14-8-20(30(35)24-7-5-4-6-19(24)2)16-25(28)26-17-21(9-15-29(26)34)31(36)27(33)18-37-23-12-10-22(32)11-13-23;/h4-17H,3,18H2,1-2H3;/q-1;. The number of hydrogen-bond acceptors (Lipinski definition) is 3. The van der Waals surface area contributed by atoms with Crippen LogP contribution in [0.25, 0.3) is 27.2 Å². The molecule has 0 fully saturated rings. The number of rotatable bonds is 8. The maximum Gasteiger partial charge on any atom is 0.193 e. The summed E-state index contributed by atoms with van der Waals surface area (Å²) >= 11 is 7.30. The maximum absolute atomic E-state index is 13.3. The van der Waals surface area contributed by atoms with Crippen LogP contribution in [0.5, 0.6) is 0 Å². The van der Waals surface area contributed by atoms with Gasteiger partial charge in [-0.1, -0.05) is 35.9 Å². The zero-order valence-corrected chi connectivity index (χ0v) is 24.3. The van der Waals surface area contributed by atoms with Crippen molar-refractivity contribution < 1.29 is 47.3 Å². The molecule has 0 spiro atoms. The van der Waals surface area contributed by atoms with Gasteiger partial charge in [0.2, 0.25) is 0 Å². The molecule has 4 aromatic carbocycles. The van der Waals surface area contributed by atoms with Crippen molar-refractivity contribution >= 4 is 62.4 Å². The Labute approximate surface area is 260 Å². The molecule has 0 aliphatic rings. The third-order valence-electron chi connectivity index (χ3n) is 6.55. The second-order valence-corrected chi connectivity index (χ2v) is 10.4. The number of fused-ring (bicyclic) bond motifs is 3. The number of Topliss-reactive ketones (excluding diaryl/α,β-unsaturated/α-hetero) is 1. The number of benzene rings is 4. The van der Waals surface area contributed by atoms with E-state index < -0.39 is 5.78 Å². The van der Waals surface area contributed by atoms with Crippen molar-refractivity contribution in [1.29, 1.82) is 0 Å². The van der Waals surface area contributed by atoms with Crippen molar-refractivity contribution in [2.24, 2.45) is 0 Å². The summed E-state index contributed by atoms with van der Waals surface area (Å²) in [4.78, 5) is 27.3. The van der Waals surface area contributed by atoms with Gasteiger partial charge < -0.3 is 9.98 Å². The predicted molar refractivity (Wildman–Crippen MR) is 155 cm³/mol. The number of carbonyl (C=O) groups is 2. The topological polar surface area (TPSA) is 61.4 Å². The fourth-order valence-electron chi connectivity index (χ4n) is 4.63. The Morgan fingerprint density at radius 3 is 2.11 bits per heavy atom. The normalized spacial score (nSPS) is 10.9. The van der Waals surface area contributed by atoms with Crippen LogP contribution in [-0.4, -0.2) is 27.6 Å². The number of hydrogen-bond donors (Lipinski definition) is 0. The Balaban J connectivity index is 0.00000336. The van der Waals surface area contributed by atoms with E-state index in [1.807, 2.05) is 73.7 Å². The Bertz CT molecular complexity index is 1690. The average Bonchev–Trinajstić information content (AvgIpc) is 3.24. The van der Waals surface area contributed by atoms with E-state index >= 15 is 0 Å². The smallest absolute Gasteiger partial charge is 0.193 e. The van der Waals surface area contributed by atoms with Gasteiger partial charge in [0.05, 0.1) is 0 Å². The van der Waals surface area contributed by atoms with E-state index in [0.717, 1.165) is 38.8 Å². The molecular formula is C31H24ClHoN2O2S-. The van der Waals surface area contributed by atoms with Crippen LogP contribution in [0.4, 0.5) is 0 Å². The zero-order valence-electron chi connectivity index (χ0n) is 20.8. The molecule has 0 bridgehead atoms. The van der Waals surface area contributed by atoms with E-state index in [4.69, 9.17) is 11.6 Å². The van der Waals surface area contributed by atoms with Crippen molar-refractivity contribution in [2.75, 3.05) is 5.75 Å². The summed E-state index contributed by atoms with van der Waals surface area (Å²) < 4.78 is 2.17. The van der Waals surface area contributed by atoms with Crippen LogP contribution in [0.2, 0.25) is 5.02 Å². The van der Waals surface area contributed by atoms with Crippen molar-refractivity contribution in [2.45, 2.75) is 25.3 Å². The number of nitrogens with zero attached hydrogens (tertiary/aromatic N) is 2. The number of aryl methyl sites for hydroxylation is 2. The number of carbonyl (C=O) groups excluding carboxylic acids is 2. The van der Waals surface area contributed by atoms with Gasteiger partial charge in [0.15, 0.2) is 11.6 Å². The maximum atomic E-state index is 13.3. The largest absolute Gasteiger partial charge is 0.804 e. The number of thioether (sulfide) groups is 1. The van der Waals surface area contributed by atoms with Gasteiger partial charge in [0, 0.05) is 98.5 Å². The van der Waals surface area contributed by atoms with Crippen molar-refractivity contribution in [3.05, 3.63) is 118 Å². The van der Waals surface area contributed by atoms with E-state index in [9.17, 15) is 15.0 Å². The van der Waals surface area contributed by atoms with Gasteiger partial charge in [-0.15, -0.1) is 17.5 Å². The molecule has 0 aliphatic carbocycles. The first-order chi connectivity index (χ1) is 17.9. The second-order valence-electron chi connectivity index (χ2n) is 8.87. The van der Waals surface area contributed by atoms with Gasteiger partial charge in [0.1, 0.15) is 0 Å². The summed E-state index contributed by atoms with van der Waals surface area (Å²) in [6.45, 7) is 4.74. The van der Waals surface area contributed by atoms with Crippen LogP contribution in [0.3, 0.4) is 0 Å². The first-order valence-electron chi connectivity index (χ1n) is 12.0. The van der Waals surface area contributed by atoms with E-state index in [-0.39, 0.29) is 55.0 Å². The third-order valence-corrected chi connectivity index (χ3v) is 7.82. The molecule has 0 N–H and O–H groups in total. The summed E-state index contributed by atoms with van der Waals surface area (Å²) in [7, 11) is 0. The molecule has 38 heavy (non-hydrogen) atoms. The number of halogens is 1. The fourth-order valence-corrected chi connectivity index (χ4v) is 5.51. The van der Waals surface area contributed by atoms with Gasteiger partial charge in [-0.25, -0.2) is 0 Å². The molecule has 0 saturated heterocycles. The fraction of sp³-hybridized carbons (Fsp3) is 0.129. The van der Waals surface area contributed by atoms with Crippen molar-refractivity contribution in [3.63, 3.8) is 0 Å². The van der Waals surface area contributed by atoms with Gasteiger partial charge in [-0.05, 0) is 80.1 Å². The molecule has 7 heteroatoms. The molecule has 5 aromatic rings. The third kappa shape index (κ3) is 5.63. The van der Waals surface area contributed by atoms with E-state index in [0.29, 0.717) is 21.7 Å². The van der Waals surface area contributed by atoms with Crippen molar-refractivity contribution in [1.82, 2.24) is 4.57 Å². The van der Waals surface area contributed by atoms with Crippen LogP contribution in [-0.2, 0) is 6.54 Å². The molecule has 1 aromatic heterocycles. The van der Waals surface area contributed by atoms with Gasteiger partial charge in [-0.3, -0.25) is 9.59 Å². The Morgan fingerprint density at radius 2 is 1.47 bits per heavy atom. The Hall–Kier alpha value is -2.41. The van der Waals surface area contributed by atoms with Gasteiger partial charge >= 0.3 is 0 Å². The second kappa shape index (κ2) is 12.2. The molecule has 0 saturated carbocycles. The minimum Gasteiger partial charge on any atom is -0.804 e. The minimum absolute atomic E-state index is 0. The van der Waals surface area contributed by atoms with Crippen LogP contribution >= 0.6 is 23.4 Å². The van der Waals surface area contributed by atoms with Crippen molar-refractivity contribution in [3.8, 4) is 0 Å². The van der Waals surface area contributed by atoms with Crippen LogP contribution < -0.4 is 0 Å². The summed E-state index contributed by atoms with van der Waals surface area (Å²) in [6.07, 6.45) is 0. The quantitative estimate of drug-likeness (QED) is 0.0719. The SMILES string of the molecule is CCn1c2ccc(C(=O)C(=[N-])CSc3ccc(Cl)cc3)cc2c2cc(C(=O)c3ccccc3C)ccc21.[Ho]. The van der Waals surface area contributed by atoms with E-state index in [1.54, 1.807) is 18.2 Å². The van der Waals surface area contributed by atoms with Crippen LogP contribution in [0, 0.1) is 44.7 Å². The average molecular weight is 689 g/mol. The molecule has 0 atom stereocenters. The summed E-state index contributed by atoms with van der Waals surface area (Å²) in [5, 5.41) is 13.0. The summed E-state index contributed by atoms with van der Waals surface area (Å²) in [6, 6.07) is 26.0. The molecule has 1 radical (unpaired) electrons. The molecule has 0 aliphatic heterocycles. The molecule has 1 heterocycles. The van der Waals surface area contributed by atoms with E-state index in [1.165, 1.54) is 11.8 Å². The molecule has 195 valence electrons. The minimum atomic E-state index is -0.409. The number of ketones is 2. The first-order valence-corrected chi connectivity index (χ1v) is 13.4. The molecule has 4 nitrogen and oxygen atoms in total. The zero-order chi connectivity index (χ0) is 26.1. The monoisotopic (exact) mass is 688 g/mol. The van der Waals surface area contributed by atoms with Gasteiger partial charge in [0.25, 0.3) is 0 Å². The molecule has 0 amide bonds. The number of aromatic nitrogens is 1.